The molecule has 3 aliphatic rings. The number of nitrogens with zero attached hydrogens (tertiary/aromatic N) is 4. The maximum absolute atomic E-state index is 13.2. The molecule has 7 rings (SSSR count). The molecule has 15 nitrogen and oxygen atoms in total. The number of carbonyl (C=O) groups is 2. The van der Waals surface area contributed by atoms with E-state index in [1.807, 2.05) is 135 Å². The highest BCUT2D eigenvalue weighted by Gasteiger charge is 2.55. The Morgan fingerprint density at radius 1 is 0.754 bits per heavy atom. The molecule has 15 heteroatoms. The summed E-state index contributed by atoms with van der Waals surface area (Å²) in [6.45, 7) is 7.07. The van der Waals surface area contributed by atoms with Crippen molar-refractivity contribution in [3.63, 3.8) is 0 Å². The van der Waals surface area contributed by atoms with E-state index in [-0.39, 0.29) is 25.9 Å². The predicted octanol–water partition coefficient (Wildman–Crippen LogP) is 9.20. The lowest BCUT2D eigenvalue weighted by Gasteiger charge is -2.51. The fourth-order valence-electron chi connectivity index (χ4n) is 8.50. The van der Waals surface area contributed by atoms with E-state index in [0.29, 0.717) is 32.5 Å². The highest BCUT2D eigenvalue weighted by Crippen LogP contribution is 2.40. The molecule has 0 N–H and O–H groups in total. The van der Waals surface area contributed by atoms with Crippen molar-refractivity contribution in [2.75, 3.05) is 19.8 Å². The van der Waals surface area contributed by atoms with Gasteiger partial charge in [0.1, 0.15) is 24.9 Å². The molecule has 0 bridgehead atoms. The van der Waals surface area contributed by atoms with E-state index >= 15 is 0 Å². The minimum absolute atomic E-state index is 0.163. The third kappa shape index (κ3) is 13.1. The van der Waals surface area contributed by atoms with E-state index in [9.17, 15) is 15.1 Å². The van der Waals surface area contributed by atoms with Crippen LogP contribution in [0.1, 0.15) is 75.0 Å². The van der Waals surface area contributed by atoms with Crippen LogP contribution in [0.15, 0.2) is 126 Å². The molecule has 4 aromatic carbocycles. The topological polar surface area (TPSA) is 169 Å². The van der Waals surface area contributed by atoms with Crippen LogP contribution in [-0.4, -0.2) is 92.0 Å². The fraction of sp³-hybridized carbons (Fsp3) is 0.480. The number of unbranched alkanes of at least 4 members (excludes halogenated alkanes) is 2. The quantitative estimate of drug-likeness (QED) is 0.0273. The molecule has 0 saturated carbocycles. The second-order valence-corrected chi connectivity index (χ2v) is 16.5. The van der Waals surface area contributed by atoms with Gasteiger partial charge >= 0.3 is 12.1 Å². The van der Waals surface area contributed by atoms with Gasteiger partial charge in [-0.3, -0.25) is 4.79 Å². The molecule has 1 amide bonds. The van der Waals surface area contributed by atoms with Crippen molar-refractivity contribution < 1.29 is 52.2 Å². The molecular weight excluding hydrogens is 833 g/mol. The number of esters is 1. The number of ether oxygens (including phenoxy) is 9. The molecule has 0 radical (unpaired) electrons. The molecule has 0 spiro atoms. The zero-order valence-electron chi connectivity index (χ0n) is 37.2. The lowest BCUT2D eigenvalue weighted by molar-refractivity contribution is -0.382. The largest absolute Gasteiger partial charge is 0.454 e. The van der Waals surface area contributed by atoms with Crippen LogP contribution in [0.25, 0.3) is 10.4 Å². The van der Waals surface area contributed by atoms with Crippen LogP contribution in [0.2, 0.25) is 0 Å². The Labute approximate surface area is 380 Å². The van der Waals surface area contributed by atoms with Crippen molar-refractivity contribution in [2.24, 2.45) is 11.0 Å². The Balaban J connectivity index is 0.985. The zero-order chi connectivity index (χ0) is 45.4. The summed E-state index contributed by atoms with van der Waals surface area (Å²) in [5.74, 6) is -0.953. The number of hydrogen-bond donors (Lipinski definition) is 0. The van der Waals surface area contributed by atoms with Gasteiger partial charge in [-0.05, 0) is 53.8 Å². The molecule has 3 saturated heterocycles. The number of azide groups is 1. The van der Waals surface area contributed by atoms with Gasteiger partial charge in [0.2, 0.25) is 0 Å². The van der Waals surface area contributed by atoms with Gasteiger partial charge in [0, 0.05) is 37.1 Å². The lowest BCUT2D eigenvalue weighted by Crippen LogP contribution is -2.65. The number of amides is 1. The number of benzene rings is 4. The average molecular weight is 893 g/mol. The van der Waals surface area contributed by atoms with Crippen molar-refractivity contribution in [2.45, 2.75) is 128 Å². The van der Waals surface area contributed by atoms with E-state index in [0.717, 1.165) is 35.1 Å². The van der Waals surface area contributed by atoms with E-state index in [1.165, 1.54) is 6.92 Å². The van der Waals surface area contributed by atoms with Gasteiger partial charge in [-0.1, -0.05) is 140 Å². The first-order chi connectivity index (χ1) is 31.8. The lowest BCUT2D eigenvalue weighted by atomic mass is 9.87. The Morgan fingerprint density at radius 2 is 1.40 bits per heavy atom. The molecule has 0 aromatic heterocycles. The fourth-order valence-corrected chi connectivity index (χ4v) is 8.50. The van der Waals surface area contributed by atoms with Gasteiger partial charge in [-0.15, -0.1) is 0 Å². The van der Waals surface area contributed by atoms with Crippen molar-refractivity contribution in [3.05, 3.63) is 154 Å². The van der Waals surface area contributed by atoms with E-state index < -0.39 is 73.4 Å². The van der Waals surface area contributed by atoms with Crippen molar-refractivity contribution >= 4 is 12.1 Å². The van der Waals surface area contributed by atoms with Gasteiger partial charge in [0.25, 0.3) is 0 Å². The Morgan fingerprint density at radius 3 is 2.05 bits per heavy atom. The van der Waals surface area contributed by atoms with Gasteiger partial charge in [-0.2, -0.15) is 0 Å². The number of hydrogen-bond acceptors (Lipinski definition) is 12. The molecule has 0 aliphatic carbocycles. The normalized spacial score (nSPS) is 27.4. The van der Waals surface area contributed by atoms with Crippen LogP contribution < -0.4 is 0 Å². The minimum Gasteiger partial charge on any atom is -0.454 e. The standard InChI is InChI=1S/C50H60N4O11/c1-4-40-43(64-49-46(61-35(3)55)45(58-31-37-22-12-6-13-23-37)44-41(63-49)33-59-47(65-44)39-26-16-8-17-27-39)34(2)42(52-53-51)48(62-40)57-29-19-9-18-28-54(30-36-20-10-5-11-21-36)50(56)60-32-38-24-14-7-15-25-38/h5-8,10-17,20-27,34,40-49H,4,9,18-19,28-33H2,1-3H3/t34-,40?,41?,42?,43+,44-,45-,46?,47?,48+,49+/m1/s1. The van der Waals surface area contributed by atoms with Crippen LogP contribution in [0.5, 0.6) is 0 Å². The highest BCUT2D eigenvalue weighted by molar-refractivity contribution is 5.67. The average Bonchev–Trinajstić information content (AvgIpc) is 3.33. The molecular formula is C50H60N4O11. The highest BCUT2D eigenvalue weighted by atomic mass is 16.8. The second-order valence-electron chi connectivity index (χ2n) is 16.5. The van der Waals surface area contributed by atoms with Gasteiger partial charge < -0.3 is 47.5 Å². The summed E-state index contributed by atoms with van der Waals surface area (Å²) in [5, 5.41) is 4.14. The van der Waals surface area contributed by atoms with Crippen LogP contribution in [0.3, 0.4) is 0 Å². The maximum Gasteiger partial charge on any atom is 0.410 e. The monoisotopic (exact) mass is 892 g/mol. The zero-order valence-corrected chi connectivity index (χ0v) is 37.2. The molecule has 3 fully saturated rings. The maximum atomic E-state index is 13.2. The molecule has 5 unspecified atom stereocenters. The SMILES string of the molecule is CCC1O[C@H](OCCCCCN(Cc2ccccc2)C(=O)OCc2ccccc2)C(N=[N+]=[N-])[C@@H](C)[C@@H]1O[C@@H]1OC2COC(c3ccccc3)O[C@H]2[C@@H](OCc2ccccc2)C1OC(C)=O. The molecule has 11 atom stereocenters. The third-order valence-electron chi connectivity index (χ3n) is 11.9. The first-order valence-corrected chi connectivity index (χ1v) is 22.6. The van der Waals surface area contributed by atoms with Crippen LogP contribution in [-0.2, 0) is 67.2 Å². The van der Waals surface area contributed by atoms with E-state index in [4.69, 9.17) is 42.6 Å². The smallest absolute Gasteiger partial charge is 0.410 e. The molecule has 4 aromatic rings. The summed E-state index contributed by atoms with van der Waals surface area (Å²) in [6, 6.07) is 38.0. The molecule has 65 heavy (non-hydrogen) atoms. The summed E-state index contributed by atoms with van der Waals surface area (Å²) in [7, 11) is 0. The van der Waals surface area contributed by atoms with Crippen molar-refractivity contribution in [1.82, 2.24) is 4.90 Å². The van der Waals surface area contributed by atoms with Crippen LogP contribution in [0, 0.1) is 5.92 Å². The van der Waals surface area contributed by atoms with E-state index in [1.54, 1.807) is 4.90 Å². The first kappa shape index (κ1) is 47.6. The van der Waals surface area contributed by atoms with E-state index in [2.05, 4.69) is 10.0 Å². The predicted molar refractivity (Wildman–Crippen MR) is 238 cm³/mol. The van der Waals surface area contributed by atoms with Crippen LogP contribution >= 0.6 is 0 Å². The number of carbonyl (C=O) groups excluding carboxylic acids is 2. The number of rotatable bonds is 20. The summed E-state index contributed by atoms with van der Waals surface area (Å²) >= 11 is 0. The van der Waals surface area contributed by atoms with Crippen molar-refractivity contribution in [3.8, 4) is 0 Å². The summed E-state index contributed by atoms with van der Waals surface area (Å²) in [4.78, 5) is 30.9. The first-order valence-electron chi connectivity index (χ1n) is 22.6. The van der Waals surface area contributed by atoms with Crippen molar-refractivity contribution in [1.29, 1.82) is 0 Å². The second kappa shape index (κ2) is 24.3. The Bertz CT molecular complexity index is 2100. The Kier molecular flexibility index (Phi) is 17.8. The third-order valence-corrected chi connectivity index (χ3v) is 11.9. The van der Waals surface area contributed by atoms with Gasteiger partial charge in [-0.25, -0.2) is 4.79 Å². The number of fused-ring (bicyclic) bond motifs is 1. The van der Waals surface area contributed by atoms with Crippen LogP contribution in [0.4, 0.5) is 4.79 Å². The molecule has 3 heterocycles. The molecule has 346 valence electrons. The summed E-state index contributed by atoms with van der Waals surface area (Å²) < 4.78 is 57.2. The Hall–Kier alpha value is -5.35. The van der Waals surface area contributed by atoms with Gasteiger partial charge in [0.15, 0.2) is 25.0 Å². The summed E-state index contributed by atoms with van der Waals surface area (Å²) in [5.41, 5.74) is 13.4. The van der Waals surface area contributed by atoms with Gasteiger partial charge in [0.05, 0.1) is 31.5 Å². The molecule has 3 aliphatic heterocycles. The minimum atomic E-state index is -1.12. The summed E-state index contributed by atoms with van der Waals surface area (Å²) in [6.07, 6.45) is -4.67.